The number of hydrogen-bond donors (Lipinski definition) is 3. The number of amides is 1. The van der Waals surface area contributed by atoms with Gasteiger partial charge < -0.3 is 30.4 Å². The molecule has 2 aromatic rings. The highest BCUT2D eigenvalue weighted by Crippen LogP contribution is 2.33. The van der Waals surface area contributed by atoms with E-state index in [9.17, 15) is 18.3 Å². The van der Waals surface area contributed by atoms with Crippen molar-refractivity contribution >= 4 is 21.8 Å². The van der Waals surface area contributed by atoms with Crippen molar-refractivity contribution in [2.24, 2.45) is 11.8 Å². The van der Waals surface area contributed by atoms with Gasteiger partial charge in [-0.3, -0.25) is 0 Å². The van der Waals surface area contributed by atoms with E-state index in [4.69, 9.17) is 19.9 Å². The van der Waals surface area contributed by atoms with Gasteiger partial charge in [0, 0.05) is 18.8 Å². The smallest absolute Gasteiger partial charge is 0.407 e. The minimum Gasteiger partial charge on any atom is -0.443 e. The van der Waals surface area contributed by atoms with Crippen LogP contribution in [0.4, 0.5) is 10.5 Å². The van der Waals surface area contributed by atoms with Gasteiger partial charge in [0.15, 0.2) is 6.29 Å². The number of benzene rings is 2. The Morgan fingerprint density at radius 2 is 1.84 bits per heavy atom. The second-order valence-electron chi connectivity index (χ2n) is 10.3. The van der Waals surface area contributed by atoms with Crippen molar-refractivity contribution in [1.29, 1.82) is 0 Å². The Morgan fingerprint density at radius 1 is 1.13 bits per heavy atom. The van der Waals surface area contributed by atoms with Crippen LogP contribution in [-0.2, 0) is 30.7 Å². The van der Waals surface area contributed by atoms with Crippen molar-refractivity contribution < 1.29 is 32.5 Å². The van der Waals surface area contributed by atoms with Gasteiger partial charge in [0.2, 0.25) is 10.0 Å². The van der Waals surface area contributed by atoms with E-state index >= 15 is 0 Å². The molecular formula is C27H37N3O7S. The number of hydrogen-bond acceptors (Lipinski definition) is 8. The Bertz CT molecular complexity index is 1160. The lowest BCUT2D eigenvalue weighted by atomic mass is 10.0. The number of fused-ring (bicyclic) bond motifs is 1. The number of aliphatic hydroxyl groups excluding tert-OH is 1. The fraction of sp³-hybridized carbons (Fsp3) is 0.519. The van der Waals surface area contributed by atoms with Gasteiger partial charge in [-0.25, -0.2) is 13.2 Å². The highest BCUT2D eigenvalue weighted by atomic mass is 32.2. The van der Waals surface area contributed by atoms with Crippen LogP contribution in [0.5, 0.6) is 0 Å². The van der Waals surface area contributed by atoms with Gasteiger partial charge >= 0.3 is 6.09 Å². The molecule has 4 rings (SSSR count). The van der Waals surface area contributed by atoms with Crippen LogP contribution in [0.3, 0.4) is 0 Å². The fourth-order valence-corrected chi connectivity index (χ4v) is 6.45. The summed E-state index contributed by atoms with van der Waals surface area (Å²) in [4.78, 5) is 13.0. The summed E-state index contributed by atoms with van der Waals surface area (Å²) in [7, 11) is -3.93. The lowest BCUT2D eigenvalue weighted by Crippen LogP contribution is -2.51. The number of nitrogens with two attached hydrogens (primary N) is 1. The highest BCUT2D eigenvalue weighted by Gasteiger charge is 2.44. The number of nitrogen functional groups attached to an aromatic ring is 1. The molecule has 2 aliphatic heterocycles. The van der Waals surface area contributed by atoms with Crippen LogP contribution in [0.1, 0.15) is 25.8 Å². The van der Waals surface area contributed by atoms with Crippen molar-refractivity contribution in [1.82, 2.24) is 9.62 Å². The molecule has 0 saturated carbocycles. The second-order valence-corrected chi connectivity index (χ2v) is 12.2. The third-order valence-electron chi connectivity index (χ3n) is 6.79. The number of ether oxygens (including phenoxy) is 3. The van der Waals surface area contributed by atoms with Crippen molar-refractivity contribution in [2.45, 2.75) is 56.1 Å². The topological polar surface area (TPSA) is 140 Å². The molecule has 2 saturated heterocycles. The van der Waals surface area contributed by atoms with Crippen molar-refractivity contribution in [3.05, 3.63) is 60.2 Å². The highest BCUT2D eigenvalue weighted by molar-refractivity contribution is 7.89. The average molecular weight is 548 g/mol. The van der Waals surface area contributed by atoms with Crippen LogP contribution in [-0.4, -0.2) is 74.8 Å². The Hall–Kier alpha value is -2.70. The third-order valence-corrected chi connectivity index (χ3v) is 8.63. The fourth-order valence-electron chi connectivity index (χ4n) is 4.82. The van der Waals surface area contributed by atoms with Crippen LogP contribution in [0.15, 0.2) is 59.5 Å². The number of nitrogens with zero attached hydrogens (tertiary/aromatic N) is 1. The number of rotatable bonds is 11. The largest absolute Gasteiger partial charge is 0.443 e. The van der Waals surface area contributed by atoms with E-state index in [1.807, 2.05) is 44.2 Å². The van der Waals surface area contributed by atoms with E-state index in [1.165, 1.54) is 28.6 Å². The molecule has 0 radical (unpaired) electrons. The quantitative estimate of drug-likeness (QED) is 0.364. The third kappa shape index (κ3) is 7.03. The van der Waals surface area contributed by atoms with Crippen LogP contribution in [0.2, 0.25) is 0 Å². The molecule has 2 fully saturated rings. The molecule has 1 amide bonds. The summed E-state index contributed by atoms with van der Waals surface area (Å²) in [5, 5.41) is 14.1. The Morgan fingerprint density at radius 3 is 2.53 bits per heavy atom. The number of nitrogens with one attached hydrogen (secondary N) is 1. The molecule has 2 aliphatic rings. The predicted octanol–water partition coefficient (Wildman–Crippen LogP) is 2.38. The lowest BCUT2D eigenvalue weighted by Gasteiger charge is -2.31. The number of alkyl carbamates (subject to hydrolysis) is 1. The molecule has 2 heterocycles. The number of anilines is 1. The van der Waals surface area contributed by atoms with E-state index in [0.717, 1.165) is 12.0 Å². The van der Waals surface area contributed by atoms with Crippen LogP contribution >= 0.6 is 0 Å². The molecule has 2 unspecified atom stereocenters. The van der Waals surface area contributed by atoms with Crippen molar-refractivity contribution in [2.75, 3.05) is 32.0 Å². The van der Waals surface area contributed by atoms with Gasteiger partial charge in [-0.1, -0.05) is 44.2 Å². The zero-order valence-electron chi connectivity index (χ0n) is 21.7. The summed E-state index contributed by atoms with van der Waals surface area (Å²) in [5.41, 5.74) is 7.07. The summed E-state index contributed by atoms with van der Waals surface area (Å²) in [5.74, 6) is -0.0231. The summed E-state index contributed by atoms with van der Waals surface area (Å²) >= 11 is 0. The second kappa shape index (κ2) is 12.4. The Kier molecular flexibility index (Phi) is 9.27. The molecule has 0 aliphatic carbocycles. The van der Waals surface area contributed by atoms with Crippen molar-refractivity contribution in [3.63, 3.8) is 0 Å². The first kappa shape index (κ1) is 28.3. The normalized spacial score (nSPS) is 22.8. The lowest BCUT2D eigenvalue weighted by molar-refractivity contribution is -0.0907. The summed E-state index contributed by atoms with van der Waals surface area (Å²) in [6.07, 6.45) is -1.69. The van der Waals surface area contributed by atoms with Gasteiger partial charge in [-0.2, -0.15) is 4.31 Å². The number of carbonyl (C=O) groups is 1. The van der Waals surface area contributed by atoms with E-state index in [1.54, 1.807) is 0 Å². The molecule has 2 aromatic carbocycles. The molecule has 5 atom stereocenters. The maximum Gasteiger partial charge on any atom is 0.407 e. The zero-order chi connectivity index (χ0) is 27.3. The summed E-state index contributed by atoms with van der Waals surface area (Å²) < 4.78 is 44.9. The Labute approximate surface area is 224 Å². The minimum absolute atomic E-state index is 0.000183. The molecular weight excluding hydrogens is 510 g/mol. The zero-order valence-corrected chi connectivity index (χ0v) is 22.5. The van der Waals surface area contributed by atoms with Gasteiger partial charge in [-0.05, 0) is 48.6 Å². The average Bonchev–Trinajstić information content (AvgIpc) is 3.49. The SMILES string of the molecule is CC(C)CN(C[C@H](O)[C@@H](Cc1ccccc1)NC(=O)OC1CO[C@H]2OCCC12)S(=O)(=O)c1ccc(N)cc1. The standard InChI is InChI=1S/C27H37N3O7S/c1-18(2)15-30(38(33,34)21-10-8-20(28)9-11-21)16-24(31)23(14-19-6-4-3-5-7-19)29-27(32)37-25-17-36-26-22(25)12-13-35-26/h3-11,18,22-26,31H,12-17,28H2,1-2H3,(H,29,32)/t22?,23-,24+,25?,26-/m1/s1. The first-order chi connectivity index (χ1) is 18.1. The molecule has 11 heteroatoms. The summed E-state index contributed by atoms with van der Waals surface area (Å²) in [6.45, 7) is 4.58. The Balaban J connectivity index is 1.51. The molecule has 0 bridgehead atoms. The number of carbonyl (C=O) groups excluding carboxylic acids is 1. The summed E-state index contributed by atoms with van der Waals surface area (Å²) in [6, 6.07) is 14.5. The van der Waals surface area contributed by atoms with E-state index in [0.29, 0.717) is 12.3 Å². The maximum absolute atomic E-state index is 13.5. The van der Waals surface area contributed by atoms with Gasteiger partial charge in [0.1, 0.15) is 6.10 Å². The van der Waals surface area contributed by atoms with Crippen LogP contribution in [0, 0.1) is 11.8 Å². The van der Waals surface area contributed by atoms with Crippen molar-refractivity contribution in [3.8, 4) is 0 Å². The van der Waals surface area contributed by atoms with E-state index < -0.39 is 34.4 Å². The maximum atomic E-state index is 13.5. The van der Waals surface area contributed by atoms with Gasteiger partial charge in [0.05, 0.1) is 36.2 Å². The van der Waals surface area contributed by atoms with E-state index in [-0.39, 0.29) is 49.1 Å². The minimum atomic E-state index is -3.93. The first-order valence-corrected chi connectivity index (χ1v) is 14.4. The van der Waals surface area contributed by atoms with Crippen LogP contribution in [0.25, 0.3) is 0 Å². The molecule has 0 aromatic heterocycles. The number of sulfonamides is 1. The molecule has 4 N–H and O–H groups in total. The predicted molar refractivity (Wildman–Crippen MR) is 142 cm³/mol. The van der Waals surface area contributed by atoms with Gasteiger partial charge in [-0.15, -0.1) is 0 Å². The van der Waals surface area contributed by atoms with Crippen LogP contribution < -0.4 is 11.1 Å². The molecule has 0 spiro atoms. The monoisotopic (exact) mass is 547 g/mol. The molecule has 10 nitrogen and oxygen atoms in total. The number of aliphatic hydroxyl groups is 1. The molecule has 208 valence electrons. The first-order valence-electron chi connectivity index (χ1n) is 12.9. The molecule has 38 heavy (non-hydrogen) atoms. The van der Waals surface area contributed by atoms with Gasteiger partial charge in [0.25, 0.3) is 0 Å². The van der Waals surface area contributed by atoms with E-state index in [2.05, 4.69) is 5.32 Å².